The maximum atomic E-state index is 2.57. The summed E-state index contributed by atoms with van der Waals surface area (Å²) in [5.74, 6) is 0. The third kappa shape index (κ3) is 20.8. The summed E-state index contributed by atoms with van der Waals surface area (Å²) < 4.78 is 0. The van der Waals surface area contributed by atoms with Gasteiger partial charge >= 0.3 is 0 Å². The van der Waals surface area contributed by atoms with E-state index in [9.17, 15) is 0 Å². The van der Waals surface area contributed by atoms with Crippen LogP contribution < -0.4 is 0 Å². The maximum Gasteiger partial charge on any atom is -0.0228 e. The van der Waals surface area contributed by atoms with Crippen molar-refractivity contribution in [2.24, 2.45) is 0 Å². The molecule has 0 aliphatic heterocycles. The van der Waals surface area contributed by atoms with E-state index in [4.69, 9.17) is 0 Å². The zero-order valence-electron chi connectivity index (χ0n) is 24.1. The summed E-state index contributed by atoms with van der Waals surface area (Å²) in [6.45, 7) is 4.61. The molecule has 0 aliphatic carbocycles. The van der Waals surface area contributed by atoms with Crippen molar-refractivity contribution in [1.82, 2.24) is 0 Å². The molecule has 0 saturated carbocycles. The Morgan fingerprint density at radius 3 is 1.26 bits per heavy atom. The molecule has 0 heteroatoms. The van der Waals surface area contributed by atoms with Gasteiger partial charge in [0.1, 0.15) is 0 Å². The molecule has 1 aromatic rings. The molecule has 0 heterocycles. The van der Waals surface area contributed by atoms with E-state index < -0.39 is 0 Å². The molecule has 0 spiro atoms. The average Bonchev–Trinajstić information content (AvgIpc) is 2.89. The van der Waals surface area contributed by atoms with Gasteiger partial charge in [-0.15, -0.1) is 0 Å². The lowest BCUT2D eigenvalue weighted by Crippen LogP contribution is -1.88. The Balaban J connectivity index is 2.02. The van der Waals surface area contributed by atoms with Crippen molar-refractivity contribution in [2.45, 2.75) is 174 Å². The minimum absolute atomic E-state index is 1.26. The first-order valence-electron chi connectivity index (χ1n) is 16.1. The third-order valence-corrected chi connectivity index (χ3v) is 7.64. The van der Waals surface area contributed by atoms with Crippen molar-refractivity contribution in [3.05, 3.63) is 42.0 Å². The van der Waals surface area contributed by atoms with Crippen LogP contribution in [0.25, 0.3) is 5.57 Å². The fourth-order valence-electron chi connectivity index (χ4n) is 5.26. The first kappa shape index (κ1) is 32.0. The van der Waals surface area contributed by atoms with Crippen LogP contribution in [-0.2, 0) is 0 Å². The van der Waals surface area contributed by atoms with Crippen LogP contribution in [0.1, 0.15) is 180 Å². The topological polar surface area (TPSA) is 0 Å². The van der Waals surface area contributed by atoms with Gasteiger partial charge in [-0.3, -0.25) is 0 Å². The van der Waals surface area contributed by atoms with E-state index >= 15 is 0 Å². The molecule has 0 aliphatic rings. The Morgan fingerprint density at radius 2 is 0.829 bits per heavy atom. The molecule has 0 unspecified atom stereocenters. The van der Waals surface area contributed by atoms with Gasteiger partial charge in [0, 0.05) is 0 Å². The molecule has 35 heavy (non-hydrogen) atoms. The maximum absolute atomic E-state index is 2.57. The van der Waals surface area contributed by atoms with Gasteiger partial charge in [-0.05, 0) is 36.8 Å². The lowest BCUT2D eigenvalue weighted by Gasteiger charge is -2.09. The largest absolute Gasteiger partial charge is 0.0807 e. The van der Waals surface area contributed by atoms with Crippen LogP contribution in [0.4, 0.5) is 0 Å². The molecule has 0 aromatic heterocycles. The summed E-state index contributed by atoms with van der Waals surface area (Å²) in [6, 6.07) is 11.1. The summed E-state index contributed by atoms with van der Waals surface area (Å²) >= 11 is 0. The average molecular weight is 483 g/mol. The minimum Gasteiger partial charge on any atom is -0.0807 e. The van der Waals surface area contributed by atoms with Crippen LogP contribution in [-0.4, -0.2) is 0 Å². The highest BCUT2D eigenvalue weighted by molar-refractivity contribution is 5.65. The van der Waals surface area contributed by atoms with E-state index in [0.29, 0.717) is 0 Å². The second kappa shape index (κ2) is 26.0. The predicted octanol–water partition coefficient (Wildman–Crippen LogP) is 12.9. The van der Waals surface area contributed by atoms with Crippen molar-refractivity contribution in [1.29, 1.82) is 0 Å². The molecule has 0 amide bonds. The molecule has 1 aromatic carbocycles. The van der Waals surface area contributed by atoms with Crippen molar-refractivity contribution < 1.29 is 0 Å². The fourth-order valence-corrected chi connectivity index (χ4v) is 5.26. The van der Waals surface area contributed by atoms with Gasteiger partial charge in [-0.1, -0.05) is 185 Å². The zero-order valence-corrected chi connectivity index (χ0v) is 24.1. The van der Waals surface area contributed by atoms with Gasteiger partial charge in [0.05, 0.1) is 0 Å². The fraction of sp³-hybridized carbons (Fsp3) is 0.771. The smallest absolute Gasteiger partial charge is 0.0228 e. The molecule has 0 atom stereocenters. The van der Waals surface area contributed by atoms with Gasteiger partial charge in [0.25, 0.3) is 0 Å². The van der Waals surface area contributed by atoms with Gasteiger partial charge in [-0.25, -0.2) is 0 Å². The predicted molar refractivity (Wildman–Crippen MR) is 161 cm³/mol. The number of hydrogen-bond acceptors (Lipinski definition) is 0. The highest BCUT2D eigenvalue weighted by atomic mass is 14.1. The van der Waals surface area contributed by atoms with Crippen LogP contribution in [0.3, 0.4) is 0 Å². The Hall–Kier alpha value is -1.04. The Bertz CT molecular complexity index is 555. The van der Waals surface area contributed by atoms with E-state index in [1.54, 1.807) is 5.57 Å². The number of rotatable bonds is 26. The zero-order chi connectivity index (χ0) is 25.1. The Kier molecular flexibility index (Phi) is 23.8. The van der Waals surface area contributed by atoms with E-state index in [-0.39, 0.29) is 0 Å². The third-order valence-electron chi connectivity index (χ3n) is 7.64. The number of unbranched alkanes of at least 4 members (excludes halogenated alkanes) is 22. The van der Waals surface area contributed by atoms with Crippen molar-refractivity contribution in [2.75, 3.05) is 0 Å². The molecule has 0 bridgehead atoms. The van der Waals surface area contributed by atoms with Gasteiger partial charge in [-0.2, -0.15) is 0 Å². The Morgan fingerprint density at radius 1 is 0.457 bits per heavy atom. The van der Waals surface area contributed by atoms with Gasteiger partial charge < -0.3 is 0 Å². The normalized spacial score (nSPS) is 11.9. The summed E-state index contributed by atoms with van der Waals surface area (Å²) in [7, 11) is 0. The molecule has 0 radical (unpaired) electrons. The molecule has 202 valence electrons. The molecule has 0 N–H and O–H groups in total. The minimum atomic E-state index is 1.26. The first-order chi connectivity index (χ1) is 17.4. The summed E-state index contributed by atoms with van der Waals surface area (Å²) in [5.41, 5.74) is 3.05. The van der Waals surface area contributed by atoms with Crippen molar-refractivity contribution >= 4 is 5.57 Å². The highest BCUT2D eigenvalue weighted by Crippen LogP contribution is 2.23. The molecule has 0 saturated heterocycles. The monoisotopic (exact) mass is 482 g/mol. The van der Waals surface area contributed by atoms with Crippen LogP contribution in [0.15, 0.2) is 36.4 Å². The van der Waals surface area contributed by atoms with E-state index in [0.717, 1.165) is 0 Å². The lowest BCUT2D eigenvalue weighted by molar-refractivity contribution is 0.530. The molecular weight excluding hydrogens is 420 g/mol. The molecule has 1 rings (SSSR count). The Labute approximate surface area is 221 Å². The second-order valence-corrected chi connectivity index (χ2v) is 11.1. The van der Waals surface area contributed by atoms with Crippen LogP contribution in [0, 0.1) is 0 Å². The van der Waals surface area contributed by atoms with Crippen LogP contribution in [0.2, 0.25) is 0 Å². The lowest BCUT2D eigenvalue weighted by atomic mass is 9.97. The second-order valence-electron chi connectivity index (χ2n) is 11.1. The number of hydrogen-bond donors (Lipinski definition) is 0. The standard InChI is InChI=1S/C35H62/c1-3-5-7-9-11-12-13-14-15-16-17-18-19-20-22-24-27-31-34(35-32-28-25-29-33-35)30-26-23-21-10-8-6-4-2/h25,28-29,31-33H,3-24,26-27,30H2,1-2H3/b34-31-. The molecule has 0 fully saturated rings. The van der Waals surface area contributed by atoms with Crippen molar-refractivity contribution in [3.8, 4) is 0 Å². The van der Waals surface area contributed by atoms with E-state index in [2.05, 4.69) is 50.3 Å². The first-order valence-corrected chi connectivity index (χ1v) is 16.1. The summed E-state index contributed by atoms with van der Waals surface area (Å²) in [4.78, 5) is 0. The summed E-state index contributed by atoms with van der Waals surface area (Å²) in [5, 5.41) is 0. The molecule has 0 nitrogen and oxygen atoms in total. The highest BCUT2D eigenvalue weighted by Gasteiger charge is 2.02. The SMILES string of the molecule is CCCCCCCCCCCCCCCCCC/C=C(/CCCCCCCCC)c1ccccc1. The molecular formula is C35H62. The van der Waals surface area contributed by atoms with Gasteiger partial charge in [0.15, 0.2) is 0 Å². The van der Waals surface area contributed by atoms with Crippen LogP contribution in [0.5, 0.6) is 0 Å². The van der Waals surface area contributed by atoms with Crippen LogP contribution >= 0.6 is 0 Å². The summed E-state index contributed by atoms with van der Waals surface area (Å²) in [6.07, 6.45) is 38.0. The van der Waals surface area contributed by atoms with E-state index in [1.807, 2.05) is 0 Å². The number of allylic oxidation sites excluding steroid dienone is 2. The van der Waals surface area contributed by atoms with Gasteiger partial charge in [0.2, 0.25) is 0 Å². The van der Waals surface area contributed by atoms with E-state index in [1.165, 1.54) is 166 Å². The van der Waals surface area contributed by atoms with Crippen molar-refractivity contribution in [3.63, 3.8) is 0 Å². The quantitative estimate of drug-likeness (QED) is 0.115. The number of benzene rings is 1.